The van der Waals surface area contributed by atoms with Crippen molar-refractivity contribution in [3.63, 3.8) is 0 Å². The third-order valence-electron chi connectivity index (χ3n) is 1.89. The van der Waals surface area contributed by atoms with Gasteiger partial charge in [-0.05, 0) is 18.6 Å². The van der Waals surface area contributed by atoms with Gasteiger partial charge in [-0.2, -0.15) is 0 Å². The zero-order valence-corrected chi connectivity index (χ0v) is 10.8. The van der Waals surface area contributed by atoms with Gasteiger partial charge in [-0.15, -0.1) is 12.4 Å². The molecule has 15 heavy (non-hydrogen) atoms. The summed E-state index contributed by atoms with van der Waals surface area (Å²) in [5.41, 5.74) is 6.38. The maximum atomic E-state index is 8.75. The fourth-order valence-corrected chi connectivity index (χ4v) is 1.98. The van der Waals surface area contributed by atoms with E-state index in [0.29, 0.717) is 27.1 Å². The van der Waals surface area contributed by atoms with Crippen molar-refractivity contribution in [2.75, 3.05) is 6.61 Å². The van der Waals surface area contributed by atoms with Crippen LogP contribution in [0.2, 0.25) is 15.1 Å². The maximum Gasteiger partial charge on any atom is 0.0654 e. The first-order chi connectivity index (χ1) is 6.57. The molecule has 86 valence electrons. The Hall–Kier alpha value is 0.300. The number of benzene rings is 1. The van der Waals surface area contributed by atoms with E-state index in [1.54, 1.807) is 12.1 Å². The number of aliphatic hydroxyl groups is 1. The van der Waals surface area contributed by atoms with Gasteiger partial charge in [0.05, 0.1) is 10.0 Å². The van der Waals surface area contributed by atoms with Crippen molar-refractivity contribution >= 4 is 47.2 Å². The molecule has 1 atom stereocenters. The van der Waals surface area contributed by atoms with Gasteiger partial charge >= 0.3 is 0 Å². The molecule has 0 radical (unpaired) electrons. The summed E-state index contributed by atoms with van der Waals surface area (Å²) >= 11 is 17.7. The largest absolute Gasteiger partial charge is 0.396 e. The van der Waals surface area contributed by atoms with Gasteiger partial charge in [-0.3, -0.25) is 0 Å². The second-order valence-electron chi connectivity index (χ2n) is 2.88. The van der Waals surface area contributed by atoms with Crippen LogP contribution in [-0.2, 0) is 0 Å². The fraction of sp³-hybridized carbons (Fsp3) is 0.333. The van der Waals surface area contributed by atoms with Crippen molar-refractivity contribution in [1.82, 2.24) is 0 Å². The van der Waals surface area contributed by atoms with Crippen molar-refractivity contribution in [2.45, 2.75) is 12.5 Å². The van der Waals surface area contributed by atoms with E-state index in [4.69, 9.17) is 45.6 Å². The zero-order chi connectivity index (χ0) is 10.7. The van der Waals surface area contributed by atoms with E-state index in [0.717, 1.165) is 0 Å². The Kier molecular flexibility index (Phi) is 6.93. The summed E-state index contributed by atoms with van der Waals surface area (Å²) in [6.07, 6.45) is 0.403. The average molecular weight is 291 g/mol. The first-order valence-corrected chi connectivity index (χ1v) is 5.21. The Morgan fingerprint density at radius 2 is 1.73 bits per heavy atom. The highest BCUT2D eigenvalue weighted by atomic mass is 35.5. The third kappa shape index (κ3) is 3.66. The Labute approximate surface area is 110 Å². The molecule has 3 N–H and O–H groups in total. The molecule has 0 heterocycles. The lowest BCUT2D eigenvalue weighted by molar-refractivity contribution is 0.276. The van der Waals surface area contributed by atoms with Gasteiger partial charge in [0.25, 0.3) is 0 Å². The fourth-order valence-electron chi connectivity index (χ4n) is 1.17. The highest BCUT2D eigenvalue weighted by Crippen LogP contribution is 2.35. The number of aliphatic hydroxyl groups excluding tert-OH is 1. The van der Waals surface area contributed by atoms with Crippen LogP contribution < -0.4 is 5.73 Å². The number of nitrogens with two attached hydrogens (primary N) is 1. The number of hydrogen-bond acceptors (Lipinski definition) is 2. The lowest BCUT2D eigenvalue weighted by Gasteiger charge is -2.14. The van der Waals surface area contributed by atoms with Crippen LogP contribution in [0.3, 0.4) is 0 Å². The van der Waals surface area contributed by atoms with E-state index in [-0.39, 0.29) is 19.0 Å². The van der Waals surface area contributed by atoms with Gasteiger partial charge in [-0.1, -0.05) is 34.8 Å². The summed E-state index contributed by atoms with van der Waals surface area (Å²) in [6, 6.07) is 2.86. The molecule has 0 aliphatic carbocycles. The van der Waals surface area contributed by atoms with Crippen molar-refractivity contribution in [2.24, 2.45) is 5.73 Å². The first-order valence-electron chi connectivity index (χ1n) is 4.07. The van der Waals surface area contributed by atoms with Gasteiger partial charge in [0, 0.05) is 23.2 Å². The number of rotatable bonds is 3. The summed E-state index contributed by atoms with van der Waals surface area (Å²) in [4.78, 5) is 0. The molecule has 0 aliphatic rings. The average Bonchev–Trinajstić information content (AvgIpc) is 2.13. The highest BCUT2D eigenvalue weighted by molar-refractivity contribution is 6.44. The molecule has 0 fully saturated rings. The Morgan fingerprint density at radius 3 is 2.27 bits per heavy atom. The minimum atomic E-state index is -0.390. The molecule has 0 saturated heterocycles. The molecule has 2 nitrogen and oxygen atoms in total. The molecule has 0 aromatic heterocycles. The first kappa shape index (κ1) is 15.3. The highest BCUT2D eigenvalue weighted by Gasteiger charge is 2.15. The summed E-state index contributed by atoms with van der Waals surface area (Å²) in [7, 11) is 0. The van der Waals surface area contributed by atoms with Gasteiger partial charge in [0.2, 0.25) is 0 Å². The molecule has 0 saturated carbocycles. The third-order valence-corrected chi connectivity index (χ3v) is 3.04. The number of hydrogen-bond donors (Lipinski definition) is 2. The molecule has 0 amide bonds. The molecule has 0 spiro atoms. The predicted molar refractivity (Wildman–Crippen MR) is 67.4 cm³/mol. The lowest BCUT2D eigenvalue weighted by Crippen LogP contribution is -2.13. The Morgan fingerprint density at radius 1 is 1.20 bits per heavy atom. The molecule has 1 aromatic rings. The minimum absolute atomic E-state index is 0. The van der Waals surface area contributed by atoms with Crippen LogP contribution in [0.1, 0.15) is 18.0 Å². The van der Waals surface area contributed by atoms with Gasteiger partial charge in [0.1, 0.15) is 0 Å². The molecule has 0 bridgehead atoms. The topological polar surface area (TPSA) is 46.2 Å². The second kappa shape index (κ2) is 6.79. The van der Waals surface area contributed by atoms with Crippen LogP contribution in [0.25, 0.3) is 0 Å². The van der Waals surface area contributed by atoms with E-state index >= 15 is 0 Å². The second-order valence-corrected chi connectivity index (χ2v) is 4.07. The summed E-state index contributed by atoms with van der Waals surface area (Å²) in [6.45, 7) is -0.0136. The SMILES string of the molecule is Cl.NC(CCO)c1c(Cl)ccc(Cl)c1Cl. The quantitative estimate of drug-likeness (QED) is 0.838. The van der Waals surface area contributed by atoms with Crippen molar-refractivity contribution in [1.29, 1.82) is 0 Å². The van der Waals surface area contributed by atoms with E-state index in [1.807, 2.05) is 0 Å². The molecule has 1 aromatic carbocycles. The zero-order valence-electron chi connectivity index (χ0n) is 7.71. The molecule has 1 unspecified atom stereocenters. The Balaban J connectivity index is 0.00000196. The lowest BCUT2D eigenvalue weighted by atomic mass is 10.1. The van der Waals surface area contributed by atoms with Crippen LogP contribution in [0.15, 0.2) is 12.1 Å². The van der Waals surface area contributed by atoms with Crippen LogP contribution in [0.4, 0.5) is 0 Å². The molecular weight excluding hydrogens is 280 g/mol. The van der Waals surface area contributed by atoms with Gasteiger partial charge in [-0.25, -0.2) is 0 Å². The van der Waals surface area contributed by atoms with Crippen LogP contribution in [0.5, 0.6) is 0 Å². The molecule has 1 rings (SSSR count). The maximum absolute atomic E-state index is 8.75. The smallest absolute Gasteiger partial charge is 0.0654 e. The van der Waals surface area contributed by atoms with Gasteiger partial charge < -0.3 is 10.8 Å². The summed E-state index contributed by atoms with van der Waals surface area (Å²) < 4.78 is 0. The van der Waals surface area contributed by atoms with E-state index in [2.05, 4.69) is 0 Å². The van der Waals surface area contributed by atoms with E-state index < -0.39 is 6.04 Å². The standard InChI is InChI=1S/C9H10Cl3NO.ClH/c10-5-1-2-6(11)9(12)8(5)7(13)3-4-14;/h1-2,7,14H,3-4,13H2;1H. The van der Waals surface area contributed by atoms with Crippen molar-refractivity contribution < 1.29 is 5.11 Å². The van der Waals surface area contributed by atoms with Crippen LogP contribution in [0, 0.1) is 0 Å². The van der Waals surface area contributed by atoms with Crippen LogP contribution in [-0.4, -0.2) is 11.7 Å². The van der Waals surface area contributed by atoms with E-state index in [1.165, 1.54) is 0 Å². The van der Waals surface area contributed by atoms with Crippen LogP contribution >= 0.6 is 47.2 Å². The minimum Gasteiger partial charge on any atom is -0.396 e. The van der Waals surface area contributed by atoms with Gasteiger partial charge in [0.15, 0.2) is 0 Å². The monoisotopic (exact) mass is 289 g/mol. The molecule has 0 aliphatic heterocycles. The van der Waals surface area contributed by atoms with E-state index in [9.17, 15) is 0 Å². The van der Waals surface area contributed by atoms with Crippen molar-refractivity contribution in [3.05, 3.63) is 32.8 Å². The molecular formula is C9H11Cl4NO. The Bertz CT molecular complexity index is 332. The molecule has 6 heteroatoms. The summed E-state index contributed by atoms with van der Waals surface area (Å²) in [5, 5.41) is 10.00. The predicted octanol–water partition coefficient (Wildman–Crippen LogP) is 3.45. The van der Waals surface area contributed by atoms with Crippen molar-refractivity contribution in [3.8, 4) is 0 Å². The summed E-state index contributed by atoms with van der Waals surface area (Å²) in [5.74, 6) is 0. The number of halogens is 4. The normalized spacial score (nSPS) is 12.1.